The molecule has 75 valence electrons. The fourth-order valence-electron chi connectivity index (χ4n) is 1.29. The number of nitrogens with two attached hydrogens (primary N) is 1. The molecule has 0 aliphatic heterocycles. The largest absolute Gasteiger partial charge is 0.465 e. The number of aryl methyl sites for hydroxylation is 1. The average molecular weight is 270 g/mol. The smallest absolute Gasteiger partial charge is 0.342 e. The number of ether oxygens (including phenoxy) is 1. The van der Waals surface area contributed by atoms with E-state index in [0.29, 0.717) is 11.4 Å². The van der Waals surface area contributed by atoms with E-state index in [0.717, 1.165) is 11.3 Å². The zero-order valence-corrected chi connectivity index (χ0v) is 11.4. The molecule has 0 aromatic carbocycles. The second-order valence-corrected chi connectivity index (χ2v) is 2.73. The zero-order chi connectivity index (χ0) is 10.0. The molecule has 1 aromatic rings. The van der Waals surface area contributed by atoms with Gasteiger partial charge in [0.25, 0.3) is 0 Å². The van der Waals surface area contributed by atoms with Crippen LogP contribution in [0.25, 0.3) is 0 Å². The molecule has 0 unspecified atom stereocenters. The van der Waals surface area contributed by atoms with Gasteiger partial charge in [-0.2, -0.15) is 6.42 Å². The van der Waals surface area contributed by atoms with Crippen LogP contribution >= 0.6 is 0 Å². The number of aromatic nitrogens is 1. The fourth-order valence-corrected chi connectivity index (χ4v) is 1.29. The second-order valence-electron chi connectivity index (χ2n) is 2.73. The molecular formula is C9H13N2O2Y-. The third kappa shape index (κ3) is 2.31. The van der Waals surface area contributed by atoms with Crippen molar-refractivity contribution in [3.05, 3.63) is 23.4 Å². The first-order chi connectivity index (χ1) is 6.11. The van der Waals surface area contributed by atoms with E-state index in [1.54, 1.807) is 0 Å². The van der Waals surface area contributed by atoms with Crippen LogP contribution in [0.5, 0.6) is 0 Å². The van der Waals surface area contributed by atoms with Crippen molar-refractivity contribution in [1.82, 2.24) is 4.98 Å². The van der Waals surface area contributed by atoms with E-state index in [1.807, 2.05) is 20.3 Å². The van der Waals surface area contributed by atoms with Crippen molar-refractivity contribution >= 4 is 11.7 Å². The van der Waals surface area contributed by atoms with Gasteiger partial charge >= 0.3 is 5.97 Å². The monoisotopic (exact) mass is 270 g/mol. The maximum Gasteiger partial charge on any atom is 0.342 e. The molecule has 14 heavy (non-hydrogen) atoms. The first-order valence-corrected chi connectivity index (χ1v) is 3.97. The summed E-state index contributed by atoms with van der Waals surface area (Å²) in [7, 11) is 1.33. The van der Waals surface area contributed by atoms with Crippen LogP contribution in [0.2, 0.25) is 0 Å². The number of H-pyrrole nitrogens is 1. The summed E-state index contributed by atoms with van der Waals surface area (Å²) in [5, 5.41) is 0. The molecule has 5 heteroatoms. The fraction of sp³-hybridized carbons (Fsp3) is 0.333. The topological polar surface area (TPSA) is 68.1 Å². The zero-order valence-electron chi connectivity index (χ0n) is 8.55. The van der Waals surface area contributed by atoms with E-state index < -0.39 is 5.97 Å². The van der Waals surface area contributed by atoms with Crippen LogP contribution in [0.15, 0.2) is 0 Å². The van der Waals surface area contributed by atoms with Crippen LogP contribution in [0.4, 0.5) is 5.69 Å². The van der Waals surface area contributed by atoms with Gasteiger partial charge in [0.15, 0.2) is 0 Å². The minimum Gasteiger partial charge on any atom is -0.465 e. The van der Waals surface area contributed by atoms with E-state index in [2.05, 4.69) is 9.72 Å². The van der Waals surface area contributed by atoms with Crippen LogP contribution in [0.3, 0.4) is 0 Å². The minimum absolute atomic E-state index is 0. The molecule has 1 radical (unpaired) electrons. The number of rotatable bonds is 2. The normalized spacial score (nSPS) is 9.07. The molecule has 0 atom stereocenters. The number of hydrogen-bond donors (Lipinski definition) is 2. The maximum absolute atomic E-state index is 11.2. The molecule has 0 aliphatic rings. The number of carbonyl (C=O) groups excluding carboxylic acids is 1. The van der Waals surface area contributed by atoms with Gasteiger partial charge in [-0.25, -0.2) is 4.79 Å². The van der Waals surface area contributed by atoms with Crippen LogP contribution in [0.1, 0.15) is 28.7 Å². The first kappa shape index (κ1) is 13.5. The van der Waals surface area contributed by atoms with E-state index in [4.69, 9.17) is 5.73 Å². The van der Waals surface area contributed by atoms with Crippen molar-refractivity contribution in [2.45, 2.75) is 13.8 Å². The summed E-state index contributed by atoms with van der Waals surface area (Å²) in [4.78, 5) is 14.1. The van der Waals surface area contributed by atoms with E-state index in [9.17, 15) is 4.79 Å². The van der Waals surface area contributed by atoms with Crippen LogP contribution < -0.4 is 5.73 Å². The summed E-state index contributed by atoms with van der Waals surface area (Å²) in [6.45, 7) is 3.73. The minimum atomic E-state index is -0.436. The summed E-state index contributed by atoms with van der Waals surface area (Å²) in [6.07, 6.45) is 1.85. The number of hydrogen-bond acceptors (Lipinski definition) is 3. The van der Waals surface area contributed by atoms with Crippen LogP contribution in [-0.2, 0) is 37.4 Å². The Morgan fingerprint density at radius 2 is 2.14 bits per heavy atom. The van der Waals surface area contributed by atoms with Gasteiger partial charge in [0.1, 0.15) is 0 Å². The Morgan fingerprint density at radius 1 is 1.57 bits per heavy atom. The second kappa shape index (κ2) is 5.42. The number of nitrogens with one attached hydrogen (secondary N) is 1. The standard InChI is InChI=1S/C9H13N2O2.Y/c1-4-6-5(2)11-8(7(6)10)9(12)13-3;/h4,11H,10H2,1-3H3;/q-1;. The van der Waals surface area contributed by atoms with Gasteiger partial charge in [-0.05, 0) is 5.69 Å². The van der Waals surface area contributed by atoms with Crippen molar-refractivity contribution < 1.29 is 42.2 Å². The summed E-state index contributed by atoms with van der Waals surface area (Å²) in [6, 6.07) is 0. The number of aromatic amines is 1. The van der Waals surface area contributed by atoms with Crippen molar-refractivity contribution in [1.29, 1.82) is 0 Å². The predicted molar refractivity (Wildman–Crippen MR) is 50.4 cm³/mol. The molecule has 4 nitrogen and oxygen atoms in total. The molecule has 0 aliphatic carbocycles. The molecule has 1 heterocycles. The molecule has 0 spiro atoms. The van der Waals surface area contributed by atoms with Crippen LogP contribution in [-0.4, -0.2) is 18.1 Å². The quantitative estimate of drug-likeness (QED) is 0.628. The van der Waals surface area contributed by atoms with Crippen LogP contribution in [0, 0.1) is 13.3 Å². The Balaban J connectivity index is 0.00000169. The SMILES string of the molecule is C[CH-]c1c(C)[nH]c(C(=O)OC)c1N.[Y]. The third-order valence-corrected chi connectivity index (χ3v) is 1.95. The van der Waals surface area contributed by atoms with E-state index in [1.165, 1.54) is 7.11 Å². The van der Waals surface area contributed by atoms with Gasteiger partial charge in [0, 0.05) is 32.7 Å². The molecule has 0 fully saturated rings. The van der Waals surface area contributed by atoms with Gasteiger partial charge in [0.2, 0.25) is 0 Å². The predicted octanol–water partition coefficient (Wildman–Crippen LogP) is 1.26. The van der Waals surface area contributed by atoms with Gasteiger partial charge in [-0.15, -0.1) is 5.56 Å². The summed E-state index contributed by atoms with van der Waals surface area (Å²) < 4.78 is 4.57. The van der Waals surface area contributed by atoms with E-state index in [-0.39, 0.29) is 32.7 Å². The Hall–Kier alpha value is -0.476. The molecule has 0 saturated heterocycles. The van der Waals surface area contributed by atoms with Crippen molar-refractivity contribution in [2.75, 3.05) is 12.8 Å². The number of methoxy groups -OCH3 is 1. The maximum atomic E-state index is 11.2. The van der Waals surface area contributed by atoms with Crippen molar-refractivity contribution in [3.8, 4) is 0 Å². The van der Waals surface area contributed by atoms with Gasteiger partial charge in [-0.3, -0.25) is 0 Å². The molecular weight excluding hydrogens is 257 g/mol. The number of carbonyl (C=O) groups is 1. The summed E-state index contributed by atoms with van der Waals surface area (Å²) >= 11 is 0. The Kier molecular flexibility index (Phi) is 5.23. The van der Waals surface area contributed by atoms with Gasteiger partial charge in [-0.1, -0.05) is 19.5 Å². The third-order valence-electron chi connectivity index (χ3n) is 1.95. The van der Waals surface area contributed by atoms with E-state index >= 15 is 0 Å². The number of anilines is 1. The van der Waals surface area contributed by atoms with Gasteiger partial charge in [0.05, 0.1) is 12.8 Å². The Bertz CT molecular complexity index is 334. The van der Waals surface area contributed by atoms with Gasteiger partial charge < -0.3 is 15.5 Å². The molecule has 1 aromatic heterocycles. The molecule has 1 rings (SSSR count). The molecule has 0 amide bonds. The number of nitrogen functional groups attached to an aromatic ring is 1. The molecule has 0 saturated carbocycles. The average Bonchev–Trinajstić information content (AvgIpc) is 2.40. The first-order valence-electron chi connectivity index (χ1n) is 3.97. The Morgan fingerprint density at radius 3 is 2.50 bits per heavy atom. The van der Waals surface area contributed by atoms with Crippen molar-refractivity contribution in [3.63, 3.8) is 0 Å². The summed E-state index contributed by atoms with van der Waals surface area (Å²) in [5.74, 6) is -0.436. The summed E-state index contributed by atoms with van der Waals surface area (Å²) in [5.41, 5.74) is 8.24. The molecule has 0 bridgehead atoms. The molecule has 3 N–H and O–H groups in total. The number of esters is 1. The van der Waals surface area contributed by atoms with Crippen molar-refractivity contribution in [2.24, 2.45) is 0 Å². The Labute approximate surface area is 108 Å².